The molecule has 20 heavy (non-hydrogen) atoms. The van der Waals surface area contributed by atoms with Crippen molar-refractivity contribution in [1.82, 2.24) is 10.2 Å². The number of halogens is 2. The topological polar surface area (TPSA) is 15.3 Å². The average molecular weight is 280 g/mol. The largest absolute Gasteiger partial charge is 0.311 e. The highest BCUT2D eigenvalue weighted by molar-refractivity contribution is 5.19. The van der Waals surface area contributed by atoms with Gasteiger partial charge >= 0.3 is 0 Å². The number of benzene rings is 1. The molecule has 1 saturated heterocycles. The molecule has 1 heterocycles. The van der Waals surface area contributed by atoms with Crippen molar-refractivity contribution in [2.24, 2.45) is 5.92 Å². The van der Waals surface area contributed by atoms with Crippen molar-refractivity contribution in [3.8, 4) is 0 Å². The summed E-state index contributed by atoms with van der Waals surface area (Å²) in [6.07, 6.45) is 3.65. The van der Waals surface area contributed by atoms with Crippen LogP contribution in [0, 0.1) is 17.6 Å². The average Bonchev–Trinajstić information content (AvgIpc) is 3.26. The zero-order chi connectivity index (χ0) is 14.1. The van der Waals surface area contributed by atoms with Crippen LogP contribution in [0.25, 0.3) is 0 Å². The molecule has 1 aliphatic carbocycles. The summed E-state index contributed by atoms with van der Waals surface area (Å²) in [4.78, 5) is 2.39. The van der Waals surface area contributed by atoms with Crippen molar-refractivity contribution < 1.29 is 8.78 Å². The van der Waals surface area contributed by atoms with E-state index in [1.165, 1.54) is 18.9 Å². The molecule has 0 aromatic heterocycles. The molecule has 1 aliphatic heterocycles. The van der Waals surface area contributed by atoms with Gasteiger partial charge in [0.05, 0.1) is 0 Å². The van der Waals surface area contributed by atoms with Gasteiger partial charge in [0.1, 0.15) is 11.6 Å². The Kier molecular flexibility index (Phi) is 4.03. The summed E-state index contributed by atoms with van der Waals surface area (Å²) in [5, 5.41) is 3.58. The van der Waals surface area contributed by atoms with E-state index in [0.29, 0.717) is 24.2 Å². The molecule has 110 valence electrons. The molecule has 4 heteroatoms. The number of rotatable bonds is 4. The van der Waals surface area contributed by atoms with E-state index in [-0.39, 0.29) is 0 Å². The molecule has 2 unspecified atom stereocenters. The fourth-order valence-electron chi connectivity index (χ4n) is 3.17. The van der Waals surface area contributed by atoms with E-state index in [9.17, 15) is 8.78 Å². The lowest BCUT2D eigenvalue weighted by Gasteiger charge is -2.40. The summed E-state index contributed by atoms with van der Waals surface area (Å²) in [6.45, 7) is 4.71. The SMILES string of the molecule is CCC1CN(Cc2ccc(F)cc2F)C(C2CC2)CN1. The van der Waals surface area contributed by atoms with Crippen LogP contribution < -0.4 is 5.32 Å². The van der Waals surface area contributed by atoms with Crippen LogP contribution in [-0.4, -0.2) is 30.1 Å². The van der Waals surface area contributed by atoms with Gasteiger partial charge in [0.15, 0.2) is 0 Å². The summed E-state index contributed by atoms with van der Waals surface area (Å²) in [7, 11) is 0. The van der Waals surface area contributed by atoms with Crippen molar-refractivity contribution >= 4 is 0 Å². The molecule has 2 atom stereocenters. The number of nitrogens with zero attached hydrogens (tertiary/aromatic N) is 1. The zero-order valence-corrected chi connectivity index (χ0v) is 11.9. The second kappa shape index (κ2) is 5.78. The lowest BCUT2D eigenvalue weighted by atomic mass is 10.0. The first-order valence-electron chi connectivity index (χ1n) is 7.58. The van der Waals surface area contributed by atoms with Gasteiger partial charge in [0, 0.05) is 43.3 Å². The monoisotopic (exact) mass is 280 g/mol. The van der Waals surface area contributed by atoms with Gasteiger partial charge in [-0.2, -0.15) is 0 Å². The van der Waals surface area contributed by atoms with Crippen LogP contribution in [0.5, 0.6) is 0 Å². The fourth-order valence-corrected chi connectivity index (χ4v) is 3.17. The molecule has 0 spiro atoms. The van der Waals surface area contributed by atoms with Crippen molar-refractivity contribution in [1.29, 1.82) is 0 Å². The number of hydrogen-bond acceptors (Lipinski definition) is 2. The Balaban J connectivity index is 1.74. The van der Waals surface area contributed by atoms with E-state index >= 15 is 0 Å². The first-order chi connectivity index (χ1) is 9.67. The first kappa shape index (κ1) is 14.0. The number of nitrogens with one attached hydrogen (secondary N) is 1. The third-order valence-electron chi connectivity index (χ3n) is 4.59. The third-order valence-corrected chi connectivity index (χ3v) is 4.59. The van der Waals surface area contributed by atoms with Gasteiger partial charge in [0.25, 0.3) is 0 Å². The lowest BCUT2D eigenvalue weighted by Crippen LogP contribution is -2.56. The van der Waals surface area contributed by atoms with E-state index in [0.717, 1.165) is 31.5 Å². The van der Waals surface area contributed by atoms with Gasteiger partial charge < -0.3 is 5.32 Å². The lowest BCUT2D eigenvalue weighted by molar-refractivity contribution is 0.104. The highest BCUT2D eigenvalue weighted by Crippen LogP contribution is 2.37. The van der Waals surface area contributed by atoms with E-state index in [1.807, 2.05) is 0 Å². The van der Waals surface area contributed by atoms with Gasteiger partial charge in [-0.15, -0.1) is 0 Å². The Morgan fingerprint density at radius 1 is 1.30 bits per heavy atom. The van der Waals surface area contributed by atoms with Crippen LogP contribution in [0.1, 0.15) is 31.7 Å². The Hall–Kier alpha value is -1.00. The first-order valence-corrected chi connectivity index (χ1v) is 7.58. The van der Waals surface area contributed by atoms with Crippen LogP contribution in [0.3, 0.4) is 0 Å². The van der Waals surface area contributed by atoms with Crippen molar-refractivity contribution in [2.45, 2.75) is 44.8 Å². The molecule has 1 aromatic carbocycles. The predicted octanol–water partition coefficient (Wildman–Crippen LogP) is 2.93. The molecule has 1 aromatic rings. The Morgan fingerprint density at radius 3 is 2.75 bits per heavy atom. The molecule has 3 rings (SSSR count). The molecular formula is C16H22F2N2. The van der Waals surface area contributed by atoms with Gasteiger partial charge in [-0.1, -0.05) is 13.0 Å². The summed E-state index contributed by atoms with van der Waals surface area (Å²) >= 11 is 0. The molecule has 2 aliphatic rings. The Morgan fingerprint density at radius 2 is 2.10 bits per heavy atom. The second-order valence-corrected chi connectivity index (χ2v) is 6.08. The molecule has 2 nitrogen and oxygen atoms in total. The highest BCUT2D eigenvalue weighted by atomic mass is 19.1. The maximum absolute atomic E-state index is 13.8. The normalized spacial score (nSPS) is 27.8. The summed E-state index contributed by atoms with van der Waals surface area (Å²) in [6, 6.07) is 4.90. The Bertz CT molecular complexity index is 474. The van der Waals surface area contributed by atoms with E-state index in [1.54, 1.807) is 6.07 Å². The molecule has 0 bridgehead atoms. The molecule has 1 saturated carbocycles. The van der Waals surface area contributed by atoms with Crippen LogP contribution >= 0.6 is 0 Å². The van der Waals surface area contributed by atoms with E-state index in [4.69, 9.17) is 0 Å². The summed E-state index contributed by atoms with van der Waals surface area (Å²) < 4.78 is 26.8. The fraction of sp³-hybridized carbons (Fsp3) is 0.625. The van der Waals surface area contributed by atoms with Crippen LogP contribution in [0.15, 0.2) is 18.2 Å². The van der Waals surface area contributed by atoms with E-state index < -0.39 is 11.6 Å². The zero-order valence-electron chi connectivity index (χ0n) is 11.9. The number of piperazine rings is 1. The summed E-state index contributed by atoms with van der Waals surface area (Å²) in [5.41, 5.74) is 0.605. The highest BCUT2D eigenvalue weighted by Gasteiger charge is 2.38. The van der Waals surface area contributed by atoms with Gasteiger partial charge in [-0.25, -0.2) is 8.78 Å². The quantitative estimate of drug-likeness (QED) is 0.912. The minimum absolute atomic E-state index is 0.425. The molecular weight excluding hydrogens is 258 g/mol. The van der Waals surface area contributed by atoms with Crippen LogP contribution in [-0.2, 0) is 6.54 Å². The molecule has 2 fully saturated rings. The summed E-state index contributed by atoms with van der Waals surface area (Å²) in [5.74, 6) is -0.174. The van der Waals surface area contributed by atoms with Gasteiger partial charge in [-0.3, -0.25) is 4.90 Å². The third kappa shape index (κ3) is 3.01. The number of hydrogen-bond donors (Lipinski definition) is 1. The molecule has 1 N–H and O–H groups in total. The van der Waals surface area contributed by atoms with Crippen molar-refractivity contribution in [3.63, 3.8) is 0 Å². The van der Waals surface area contributed by atoms with Gasteiger partial charge in [0.2, 0.25) is 0 Å². The molecule has 0 radical (unpaired) electrons. The van der Waals surface area contributed by atoms with Gasteiger partial charge in [-0.05, 0) is 31.2 Å². The van der Waals surface area contributed by atoms with Crippen LogP contribution in [0.4, 0.5) is 8.78 Å². The predicted molar refractivity (Wildman–Crippen MR) is 75.4 cm³/mol. The standard InChI is InChI=1S/C16H22F2N2/c1-2-14-10-20(16(8-19-14)11-3-4-11)9-12-5-6-13(17)7-15(12)18/h5-7,11,14,16,19H,2-4,8-10H2,1H3. The van der Waals surface area contributed by atoms with E-state index in [2.05, 4.69) is 17.1 Å². The van der Waals surface area contributed by atoms with Crippen molar-refractivity contribution in [3.05, 3.63) is 35.4 Å². The minimum atomic E-state index is -0.503. The minimum Gasteiger partial charge on any atom is -0.311 e. The maximum atomic E-state index is 13.8. The van der Waals surface area contributed by atoms with Crippen LogP contribution in [0.2, 0.25) is 0 Å². The maximum Gasteiger partial charge on any atom is 0.130 e. The molecule has 0 amide bonds. The second-order valence-electron chi connectivity index (χ2n) is 6.08. The Labute approximate surface area is 119 Å². The van der Waals surface area contributed by atoms with Crippen molar-refractivity contribution in [2.75, 3.05) is 13.1 Å². The smallest absolute Gasteiger partial charge is 0.130 e.